The van der Waals surface area contributed by atoms with Crippen molar-refractivity contribution in [1.82, 2.24) is 9.97 Å². The summed E-state index contributed by atoms with van der Waals surface area (Å²) >= 11 is 0. The molecule has 0 saturated carbocycles. The van der Waals surface area contributed by atoms with Crippen LogP contribution in [0.2, 0.25) is 0 Å². The van der Waals surface area contributed by atoms with E-state index in [1.54, 1.807) is 0 Å². The Labute approximate surface area is 367 Å². The van der Waals surface area contributed by atoms with Gasteiger partial charge in [-0.25, -0.2) is 9.97 Å². The zero-order chi connectivity index (χ0) is 43.0. The first-order chi connectivity index (χ1) is 30.6. The molecule has 11 rings (SSSR count). The fraction of sp³-hybridized carbons (Fsp3) is 0.123. The van der Waals surface area contributed by atoms with E-state index in [0.29, 0.717) is 11.8 Å². The number of aryl methyl sites for hydroxylation is 4. The Balaban J connectivity index is 0.941. The van der Waals surface area contributed by atoms with Gasteiger partial charge in [0.2, 0.25) is 11.8 Å². The molecule has 0 atom stereocenters. The molecule has 0 aliphatic heterocycles. The Hall–Kier alpha value is -7.70. The summed E-state index contributed by atoms with van der Waals surface area (Å²) in [4.78, 5) is 14.4. The fourth-order valence-corrected chi connectivity index (χ4v) is 9.55. The molecule has 0 bridgehead atoms. The SMILES string of the molecule is Cc1cc(C)c2oc(-c3ccc(N(c4ccccc4)c4ccc5c(c4)C(C)(C)c4cc(N(c6ccccc6)c6ccc(-c7nc8cc(C)cc(C)c8o7)cc6)ccc4-5)cc3)nc2c1. The number of nitrogens with zero attached hydrogens (tertiary/aromatic N) is 4. The third-order valence-corrected chi connectivity index (χ3v) is 12.6. The molecule has 10 aromatic rings. The zero-order valence-electron chi connectivity index (χ0n) is 36.3. The summed E-state index contributed by atoms with van der Waals surface area (Å²) in [5.74, 6) is 1.25. The number of rotatable bonds is 8. The van der Waals surface area contributed by atoms with E-state index < -0.39 is 0 Å². The highest BCUT2D eigenvalue weighted by molar-refractivity contribution is 5.89. The van der Waals surface area contributed by atoms with Crippen LogP contribution in [0, 0.1) is 27.7 Å². The molecular weight excluding hydrogens is 773 g/mol. The van der Waals surface area contributed by atoms with E-state index >= 15 is 0 Å². The number of para-hydroxylation sites is 2. The Kier molecular flexibility index (Phi) is 8.95. The highest BCUT2D eigenvalue weighted by atomic mass is 16.4. The predicted molar refractivity (Wildman–Crippen MR) is 258 cm³/mol. The van der Waals surface area contributed by atoms with Gasteiger partial charge in [0.1, 0.15) is 11.0 Å². The first-order valence-electron chi connectivity index (χ1n) is 21.6. The van der Waals surface area contributed by atoms with Gasteiger partial charge in [0.25, 0.3) is 0 Å². The first kappa shape index (κ1) is 38.2. The summed E-state index contributed by atoms with van der Waals surface area (Å²) in [6, 6.07) is 60.5. The molecule has 0 N–H and O–H groups in total. The molecule has 0 amide bonds. The van der Waals surface area contributed by atoms with Gasteiger partial charge in [0, 0.05) is 50.7 Å². The van der Waals surface area contributed by atoms with Crippen LogP contribution in [0.5, 0.6) is 0 Å². The topological polar surface area (TPSA) is 58.5 Å². The third-order valence-electron chi connectivity index (χ3n) is 12.6. The molecule has 0 radical (unpaired) electrons. The number of anilines is 6. The molecule has 6 heteroatoms. The molecule has 1 aliphatic carbocycles. The minimum Gasteiger partial charge on any atom is -0.436 e. The molecule has 63 heavy (non-hydrogen) atoms. The van der Waals surface area contributed by atoms with Crippen LogP contribution in [-0.4, -0.2) is 9.97 Å². The van der Waals surface area contributed by atoms with Crippen molar-refractivity contribution in [1.29, 1.82) is 0 Å². The summed E-state index contributed by atoms with van der Waals surface area (Å²) in [5, 5.41) is 0. The second-order valence-corrected chi connectivity index (χ2v) is 17.4. The van der Waals surface area contributed by atoms with Gasteiger partial charge in [-0.05, 0) is 181 Å². The zero-order valence-corrected chi connectivity index (χ0v) is 36.3. The number of hydrogen-bond donors (Lipinski definition) is 0. The summed E-state index contributed by atoms with van der Waals surface area (Å²) in [6.45, 7) is 13.0. The average Bonchev–Trinajstić information content (AvgIpc) is 3.99. The van der Waals surface area contributed by atoms with Gasteiger partial charge in [-0.1, -0.05) is 74.5 Å². The van der Waals surface area contributed by atoms with E-state index in [0.717, 1.165) is 78.6 Å². The van der Waals surface area contributed by atoms with Crippen LogP contribution in [0.4, 0.5) is 34.1 Å². The van der Waals surface area contributed by atoms with Gasteiger partial charge >= 0.3 is 0 Å². The molecule has 2 aromatic heterocycles. The minimum atomic E-state index is -0.276. The van der Waals surface area contributed by atoms with Crippen molar-refractivity contribution in [3.8, 4) is 34.0 Å². The summed E-state index contributed by atoms with van der Waals surface area (Å²) in [6.07, 6.45) is 0. The van der Waals surface area contributed by atoms with E-state index in [1.807, 2.05) is 0 Å². The van der Waals surface area contributed by atoms with Crippen LogP contribution < -0.4 is 9.80 Å². The Bertz CT molecular complexity index is 3120. The van der Waals surface area contributed by atoms with Crippen molar-refractivity contribution < 1.29 is 8.83 Å². The van der Waals surface area contributed by atoms with Gasteiger partial charge in [0.05, 0.1) is 0 Å². The number of oxazole rings is 2. The lowest BCUT2D eigenvalue weighted by atomic mass is 9.82. The average molecular weight is 819 g/mol. The van der Waals surface area contributed by atoms with Crippen LogP contribution in [-0.2, 0) is 5.41 Å². The van der Waals surface area contributed by atoms with Crippen LogP contribution in [0.1, 0.15) is 47.2 Å². The maximum absolute atomic E-state index is 6.29. The number of benzene rings is 8. The van der Waals surface area contributed by atoms with Gasteiger partial charge < -0.3 is 18.6 Å². The van der Waals surface area contributed by atoms with Gasteiger partial charge in [-0.3, -0.25) is 0 Å². The molecule has 6 nitrogen and oxygen atoms in total. The molecule has 306 valence electrons. The van der Waals surface area contributed by atoms with Crippen molar-refractivity contribution in [2.45, 2.75) is 47.0 Å². The van der Waals surface area contributed by atoms with Crippen molar-refractivity contribution in [3.05, 3.63) is 203 Å². The molecule has 0 spiro atoms. The maximum atomic E-state index is 6.29. The lowest BCUT2D eigenvalue weighted by molar-refractivity contribution is 0.617. The van der Waals surface area contributed by atoms with Gasteiger partial charge in [-0.2, -0.15) is 0 Å². The standard InChI is InChI=1S/C57H46N4O2/c1-35-29-37(3)53-51(31-35)58-55(62-53)39-17-21-43(22-18-39)60(41-13-9-7-10-14-41)45-25-27-47-48-28-26-46(34-50(48)57(5,6)49(47)33-45)61(42-15-11-8-12-16-42)44-23-19-40(20-24-44)56-59-52-32-36(2)30-38(4)54(52)63-56/h7-34H,1-6H3. The number of aromatic nitrogens is 2. The largest absolute Gasteiger partial charge is 0.436 e. The monoisotopic (exact) mass is 818 g/mol. The van der Waals surface area contributed by atoms with Crippen LogP contribution in [0.3, 0.4) is 0 Å². The lowest BCUT2D eigenvalue weighted by Gasteiger charge is -2.29. The maximum Gasteiger partial charge on any atom is 0.227 e. The Morgan fingerprint density at radius 2 is 0.762 bits per heavy atom. The molecule has 1 aliphatic rings. The van der Waals surface area contributed by atoms with Crippen molar-refractivity contribution in [2.24, 2.45) is 0 Å². The van der Waals surface area contributed by atoms with Gasteiger partial charge in [0.15, 0.2) is 11.2 Å². The number of fused-ring (bicyclic) bond motifs is 5. The molecule has 0 fully saturated rings. The van der Waals surface area contributed by atoms with E-state index in [4.69, 9.17) is 18.8 Å². The van der Waals surface area contributed by atoms with E-state index in [-0.39, 0.29) is 5.41 Å². The van der Waals surface area contributed by atoms with E-state index in [9.17, 15) is 0 Å². The Morgan fingerprint density at radius 3 is 1.16 bits per heavy atom. The Morgan fingerprint density at radius 1 is 0.397 bits per heavy atom. The molecule has 8 aromatic carbocycles. The van der Waals surface area contributed by atoms with Crippen LogP contribution in [0.25, 0.3) is 56.2 Å². The van der Waals surface area contributed by atoms with Crippen molar-refractivity contribution >= 4 is 56.3 Å². The van der Waals surface area contributed by atoms with Crippen molar-refractivity contribution in [3.63, 3.8) is 0 Å². The smallest absolute Gasteiger partial charge is 0.227 e. The van der Waals surface area contributed by atoms with Crippen LogP contribution >= 0.6 is 0 Å². The molecule has 0 saturated heterocycles. The van der Waals surface area contributed by atoms with Crippen molar-refractivity contribution in [2.75, 3.05) is 9.80 Å². The molecule has 0 unspecified atom stereocenters. The highest BCUT2D eigenvalue weighted by Crippen LogP contribution is 2.52. The third kappa shape index (κ3) is 6.57. The minimum absolute atomic E-state index is 0.276. The highest BCUT2D eigenvalue weighted by Gasteiger charge is 2.37. The summed E-state index contributed by atoms with van der Waals surface area (Å²) in [7, 11) is 0. The lowest BCUT2D eigenvalue weighted by Crippen LogP contribution is -2.17. The van der Waals surface area contributed by atoms with E-state index in [2.05, 4.69) is 221 Å². The summed E-state index contributed by atoms with van der Waals surface area (Å²) in [5.41, 5.74) is 21.1. The second-order valence-electron chi connectivity index (χ2n) is 17.4. The number of hydrogen-bond acceptors (Lipinski definition) is 6. The second kappa shape index (κ2) is 14.7. The fourth-order valence-electron chi connectivity index (χ4n) is 9.55. The quantitative estimate of drug-likeness (QED) is 0.152. The normalized spacial score (nSPS) is 12.7. The van der Waals surface area contributed by atoms with E-state index in [1.165, 1.54) is 33.4 Å². The molecule has 2 heterocycles. The molecular formula is C57H46N4O2. The predicted octanol–water partition coefficient (Wildman–Crippen LogP) is 15.8. The summed E-state index contributed by atoms with van der Waals surface area (Å²) < 4.78 is 12.6. The first-order valence-corrected chi connectivity index (χ1v) is 21.6. The van der Waals surface area contributed by atoms with Crippen LogP contribution in [0.15, 0.2) is 179 Å². The van der Waals surface area contributed by atoms with Gasteiger partial charge in [-0.15, -0.1) is 0 Å².